The van der Waals surface area contributed by atoms with Crippen molar-refractivity contribution in [1.82, 2.24) is 15.2 Å². The second-order valence-electron chi connectivity index (χ2n) is 6.82. The monoisotopic (exact) mass is 469 g/mol. The van der Waals surface area contributed by atoms with Crippen molar-refractivity contribution >= 4 is 11.8 Å². The third-order valence-electron chi connectivity index (χ3n) is 4.75. The molecule has 2 heterocycles. The number of alkyl halides is 3. The van der Waals surface area contributed by atoms with Gasteiger partial charge in [0.1, 0.15) is 23.5 Å². The van der Waals surface area contributed by atoms with Gasteiger partial charge in [-0.25, -0.2) is 14.2 Å². The van der Waals surface area contributed by atoms with Crippen molar-refractivity contribution in [2.24, 2.45) is 0 Å². The van der Waals surface area contributed by atoms with Crippen LogP contribution in [-0.4, -0.2) is 27.0 Å². The van der Waals surface area contributed by atoms with Gasteiger partial charge in [-0.05, 0) is 36.8 Å². The summed E-state index contributed by atoms with van der Waals surface area (Å²) in [6.45, 7) is 1.64. The van der Waals surface area contributed by atoms with Gasteiger partial charge in [-0.1, -0.05) is 29.1 Å². The molecular weight excluding hydrogens is 454 g/mol. The molecule has 2 aromatic carbocycles. The van der Waals surface area contributed by atoms with E-state index >= 15 is 0 Å². The molecule has 1 aromatic heterocycles. The van der Waals surface area contributed by atoms with Gasteiger partial charge in [0.2, 0.25) is 0 Å². The van der Waals surface area contributed by atoms with Crippen LogP contribution < -0.4 is 10.5 Å². The maximum absolute atomic E-state index is 14.4. The van der Waals surface area contributed by atoms with Crippen LogP contribution in [0.1, 0.15) is 23.4 Å². The van der Waals surface area contributed by atoms with Gasteiger partial charge in [0.25, 0.3) is 0 Å². The van der Waals surface area contributed by atoms with Gasteiger partial charge in [0.15, 0.2) is 5.82 Å². The van der Waals surface area contributed by atoms with E-state index in [0.29, 0.717) is 16.2 Å². The van der Waals surface area contributed by atoms with E-state index in [0.717, 1.165) is 23.3 Å². The number of allylic oxidation sites excluding steroid dienone is 1. The molecule has 0 saturated heterocycles. The minimum atomic E-state index is -4.44. The highest BCUT2D eigenvalue weighted by Gasteiger charge is 2.33. The fourth-order valence-corrected chi connectivity index (χ4v) is 4.24. The average Bonchev–Trinajstić information content (AvgIpc) is 3.30. The Kier molecular flexibility index (Phi) is 5.73. The Balaban J connectivity index is 1.44. The first-order valence-corrected chi connectivity index (χ1v) is 10.0. The molecule has 168 valence electrons. The van der Waals surface area contributed by atoms with E-state index < -0.39 is 28.7 Å². The fraction of sp³-hybridized carbons (Fsp3) is 0.200. The summed E-state index contributed by atoms with van der Waals surface area (Å²) in [7, 11) is 0. The third-order valence-corrected chi connectivity index (χ3v) is 6.15. The highest BCUT2D eigenvalue weighted by molar-refractivity contribution is 8.03. The molecule has 2 N–H and O–H groups in total. The molecular formula is C20H15F4N3O4S. The van der Waals surface area contributed by atoms with Crippen molar-refractivity contribution < 1.29 is 32.0 Å². The molecule has 7 nitrogen and oxygen atoms in total. The van der Waals surface area contributed by atoms with Crippen LogP contribution in [0.5, 0.6) is 5.75 Å². The number of aromatic amines is 1. The molecule has 3 aromatic rings. The SMILES string of the molecule is CC1=C(COc2ccc(-c3noc(=O)[nH]3)c(F)c2)SC(c2ccc(C(F)(F)F)cc2)N1O. The molecule has 0 aliphatic carbocycles. The van der Waals surface area contributed by atoms with E-state index in [4.69, 9.17) is 4.74 Å². The first-order chi connectivity index (χ1) is 15.1. The Morgan fingerprint density at radius 2 is 1.97 bits per heavy atom. The number of hydrogen-bond donors (Lipinski definition) is 2. The predicted octanol–water partition coefficient (Wildman–Crippen LogP) is 4.93. The van der Waals surface area contributed by atoms with E-state index in [1.54, 1.807) is 6.92 Å². The average molecular weight is 469 g/mol. The van der Waals surface area contributed by atoms with Gasteiger partial charge >= 0.3 is 11.9 Å². The molecule has 1 unspecified atom stereocenters. The van der Waals surface area contributed by atoms with Crippen molar-refractivity contribution in [3.8, 4) is 17.1 Å². The number of hydrogen-bond acceptors (Lipinski definition) is 7. The normalized spacial score (nSPS) is 16.7. The standard InChI is InChI=1S/C20H15F4N3O4S/c1-10-16(32-18(27(10)29)11-2-4-12(5-3-11)20(22,23)24)9-30-13-6-7-14(15(21)8-13)17-25-19(28)31-26-17/h2-8,18,29H,9H2,1H3,(H,25,26,28). The zero-order chi connectivity index (χ0) is 23.0. The van der Waals surface area contributed by atoms with E-state index in [1.165, 1.54) is 36.0 Å². The molecule has 12 heteroatoms. The summed E-state index contributed by atoms with van der Waals surface area (Å²) in [5.41, 5.74) is 0.203. The molecule has 0 bridgehead atoms. The molecule has 1 atom stereocenters. The summed E-state index contributed by atoms with van der Waals surface area (Å²) in [6.07, 6.45) is -4.44. The number of nitrogens with zero attached hydrogens (tertiary/aromatic N) is 2. The first kappa shape index (κ1) is 22.0. The van der Waals surface area contributed by atoms with Crippen molar-refractivity contribution in [2.45, 2.75) is 18.5 Å². The molecule has 0 fully saturated rings. The number of benzene rings is 2. The fourth-order valence-electron chi connectivity index (χ4n) is 3.03. The molecule has 32 heavy (non-hydrogen) atoms. The zero-order valence-corrected chi connectivity index (χ0v) is 17.1. The first-order valence-electron chi connectivity index (χ1n) is 9.14. The maximum Gasteiger partial charge on any atom is 0.439 e. The molecule has 1 aliphatic heterocycles. The van der Waals surface area contributed by atoms with Gasteiger partial charge in [-0.2, -0.15) is 13.2 Å². The van der Waals surface area contributed by atoms with Gasteiger partial charge in [0, 0.05) is 11.0 Å². The largest absolute Gasteiger partial charge is 0.488 e. The lowest BCUT2D eigenvalue weighted by Crippen LogP contribution is -2.17. The minimum absolute atomic E-state index is 0.00424. The number of ether oxygens (including phenoxy) is 1. The smallest absolute Gasteiger partial charge is 0.439 e. The number of thioether (sulfide) groups is 1. The summed E-state index contributed by atoms with van der Waals surface area (Å²) < 4.78 is 62.6. The lowest BCUT2D eigenvalue weighted by Gasteiger charge is -2.21. The van der Waals surface area contributed by atoms with Crippen LogP contribution in [0.2, 0.25) is 0 Å². The molecule has 1 aliphatic rings. The van der Waals surface area contributed by atoms with Crippen LogP contribution in [0.15, 0.2) is 62.4 Å². The Bertz CT molecular complexity index is 1220. The van der Waals surface area contributed by atoms with Crippen molar-refractivity contribution in [3.63, 3.8) is 0 Å². The van der Waals surface area contributed by atoms with Crippen LogP contribution >= 0.6 is 11.8 Å². The van der Waals surface area contributed by atoms with Crippen LogP contribution in [0, 0.1) is 5.82 Å². The third kappa shape index (κ3) is 4.36. The number of halogens is 4. The second kappa shape index (κ2) is 8.36. The van der Waals surface area contributed by atoms with Gasteiger partial charge < -0.3 is 4.74 Å². The van der Waals surface area contributed by atoms with E-state index in [9.17, 15) is 27.6 Å². The Hall–Kier alpha value is -3.25. The lowest BCUT2D eigenvalue weighted by atomic mass is 10.1. The van der Waals surface area contributed by atoms with Crippen LogP contribution in [0.4, 0.5) is 17.6 Å². The summed E-state index contributed by atoms with van der Waals surface area (Å²) in [4.78, 5) is 13.9. The quantitative estimate of drug-likeness (QED) is 0.512. The minimum Gasteiger partial charge on any atom is -0.488 e. The topological polar surface area (TPSA) is 91.6 Å². The number of rotatable bonds is 5. The highest BCUT2D eigenvalue weighted by atomic mass is 32.2. The molecule has 4 rings (SSSR count). The van der Waals surface area contributed by atoms with Crippen LogP contribution in [0.25, 0.3) is 11.4 Å². The van der Waals surface area contributed by atoms with E-state index in [1.807, 2.05) is 0 Å². The number of nitrogens with one attached hydrogen (secondary N) is 1. The molecule has 0 spiro atoms. The maximum atomic E-state index is 14.4. The summed E-state index contributed by atoms with van der Waals surface area (Å²) in [5.74, 6) is -1.36. The van der Waals surface area contributed by atoms with Gasteiger partial charge in [-0.3, -0.25) is 14.7 Å². The van der Waals surface area contributed by atoms with Crippen molar-refractivity contribution in [2.75, 3.05) is 6.61 Å². The van der Waals surface area contributed by atoms with Crippen molar-refractivity contribution in [1.29, 1.82) is 0 Å². The Labute approximate surface area is 182 Å². The van der Waals surface area contributed by atoms with E-state index in [2.05, 4.69) is 14.7 Å². The van der Waals surface area contributed by atoms with Crippen molar-refractivity contribution in [3.05, 3.63) is 80.6 Å². The molecule has 0 saturated carbocycles. The van der Waals surface area contributed by atoms with Gasteiger partial charge in [0.05, 0.1) is 16.8 Å². The summed E-state index contributed by atoms with van der Waals surface area (Å²) in [6, 6.07) is 8.49. The summed E-state index contributed by atoms with van der Waals surface area (Å²) >= 11 is 1.21. The Morgan fingerprint density at radius 3 is 2.56 bits per heavy atom. The van der Waals surface area contributed by atoms with Gasteiger partial charge in [-0.15, -0.1) is 0 Å². The highest BCUT2D eigenvalue weighted by Crippen LogP contribution is 2.46. The Morgan fingerprint density at radius 1 is 1.25 bits per heavy atom. The zero-order valence-electron chi connectivity index (χ0n) is 16.3. The van der Waals surface area contributed by atoms with Crippen LogP contribution in [-0.2, 0) is 6.18 Å². The second-order valence-corrected chi connectivity index (χ2v) is 7.99. The van der Waals surface area contributed by atoms with Crippen LogP contribution in [0.3, 0.4) is 0 Å². The summed E-state index contributed by atoms with van der Waals surface area (Å²) in [5, 5.41) is 14.1. The number of hydroxylamine groups is 2. The lowest BCUT2D eigenvalue weighted by molar-refractivity contribution is -0.137. The number of H-pyrrole nitrogens is 1. The molecule has 0 amide bonds. The van der Waals surface area contributed by atoms with E-state index in [-0.39, 0.29) is 23.7 Å². The number of aromatic nitrogens is 2. The molecule has 0 radical (unpaired) electrons. The predicted molar refractivity (Wildman–Crippen MR) is 106 cm³/mol.